The molecule has 0 unspecified atom stereocenters. The van der Waals surface area contributed by atoms with Crippen LogP contribution in [0.2, 0.25) is 0 Å². The van der Waals surface area contributed by atoms with Crippen molar-refractivity contribution in [2.45, 2.75) is 77.7 Å². The molecule has 0 saturated carbocycles. The number of para-hydroxylation sites is 1. The zero-order valence-corrected chi connectivity index (χ0v) is 21.2. The van der Waals surface area contributed by atoms with E-state index in [1.54, 1.807) is 0 Å². The van der Waals surface area contributed by atoms with Crippen molar-refractivity contribution in [2.24, 2.45) is 0 Å². The Balaban J connectivity index is 1.55. The molecule has 0 radical (unpaired) electrons. The van der Waals surface area contributed by atoms with Crippen LogP contribution in [0.5, 0.6) is 0 Å². The first-order valence-electron chi connectivity index (χ1n) is 12.6. The Hall–Kier alpha value is -2.13. The van der Waals surface area contributed by atoms with E-state index in [-0.39, 0.29) is 0 Å². The summed E-state index contributed by atoms with van der Waals surface area (Å²) in [5.41, 5.74) is 3.86. The molecule has 1 heterocycles. The van der Waals surface area contributed by atoms with Crippen molar-refractivity contribution in [3.05, 3.63) is 59.1 Å². The van der Waals surface area contributed by atoms with Crippen molar-refractivity contribution in [2.75, 3.05) is 19.0 Å². The largest absolute Gasteiger partial charge is 0.378 e. The van der Waals surface area contributed by atoms with Gasteiger partial charge < -0.3 is 4.90 Å². The fraction of sp³-hybridized carbons (Fsp3) is 0.483. The zero-order valence-electron chi connectivity index (χ0n) is 20.4. The molecule has 3 heteroatoms. The van der Waals surface area contributed by atoms with Crippen LogP contribution < -0.4 is 9.47 Å². The second-order valence-electron chi connectivity index (χ2n) is 9.06. The highest BCUT2D eigenvalue weighted by Gasteiger charge is 2.17. The van der Waals surface area contributed by atoms with E-state index in [9.17, 15) is 0 Å². The molecular formula is C29H41N2S+. The van der Waals surface area contributed by atoms with Crippen LogP contribution in [0, 0.1) is 0 Å². The average Bonchev–Trinajstić information content (AvgIpc) is 3.16. The number of unbranched alkanes of at least 4 members (excludes halogenated alkanes) is 9. The van der Waals surface area contributed by atoms with Crippen LogP contribution in [0.3, 0.4) is 0 Å². The van der Waals surface area contributed by atoms with Gasteiger partial charge in [0.2, 0.25) is 5.52 Å². The zero-order chi connectivity index (χ0) is 22.6. The predicted molar refractivity (Wildman–Crippen MR) is 144 cm³/mol. The normalized spacial score (nSPS) is 11.6. The van der Waals surface area contributed by atoms with E-state index in [2.05, 4.69) is 91.2 Å². The summed E-state index contributed by atoms with van der Waals surface area (Å²) in [5, 5.41) is 1.35. The van der Waals surface area contributed by atoms with Gasteiger partial charge in [-0.05, 0) is 36.3 Å². The lowest BCUT2D eigenvalue weighted by atomic mass is 10.1. The van der Waals surface area contributed by atoms with Crippen molar-refractivity contribution in [3.63, 3.8) is 0 Å². The molecule has 2 aromatic carbocycles. The van der Waals surface area contributed by atoms with E-state index in [4.69, 9.17) is 0 Å². The van der Waals surface area contributed by atoms with E-state index in [0.717, 1.165) is 6.54 Å². The monoisotopic (exact) mass is 449 g/mol. The fourth-order valence-electron chi connectivity index (χ4n) is 4.22. The molecule has 3 rings (SSSR count). The predicted octanol–water partition coefficient (Wildman–Crippen LogP) is 8.35. The number of hydrogen-bond donors (Lipinski definition) is 0. The van der Waals surface area contributed by atoms with Crippen molar-refractivity contribution < 1.29 is 4.57 Å². The molecule has 1 aromatic heterocycles. The van der Waals surface area contributed by atoms with Gasteiger partial charge in [0.15, 0.2) is 6.54 Å². The summed E-state index contributed by atoms with van der Waals surface area (Å²) in [5.74, 6) is 0. The lowest BCUT2D eigenvalue weighted by Crippen LogP contribution is -2.34. The van der Waals surface area contributed by atoms with Crippen molar-refractivity contribution in [1.29, 1.82) is 0 Å². The minimum atomic E-state index is 1.11. The number of benzene rings is 2. The van der Waals surface area contributed by atoms with Crippen LogP contribution in [-0.2, 0) is 6.54 Å². The summed E-state index contributed by atoms with van der Waals surface area (Å²) in [6, 6.07) is 17.6. The minimum Gasteiger partial charge on any atom is -0.378 e. The lowest BCUT2D eigenvalue weighted by molar-refractivity contribution is -0.669. The summed E-state index contributed by atoms with van der Waals surface area (Å²) in [6.45, 7) is 3.40. The Morgan fingerprint density at radius 3 is 2.03 bits per heavy atom. The number of rotatable bonds is 14. The Kier molecular flexibility index (Phi) is 10.3. The van der Waals surface area contributed by atoms with Crippen LogP contribution in [0.25, 0.3) is 22.4 Å². The second kappa shape index (κ2) is 13.4. The number of nitrogens with zero attached hydrogens (tertiary/aromatic N) is 2. The number of anilines is 1. The van der Waals surface area contributed by atoms with Gasteiger partial charge in [0.1, 0.15) is 4.70 Å². The highest BCUT2D eigenvalue weighted by molar-refractivity contribution is 7.18. The van der Waals surface area contributed by atoms with Gasteiger partial charge in [0, 0.05) is 38.3 Å². The number of thiazole rings is 1. The average molecular weight is 450 g/mol. The highest BCUT2D eigenvalue weighted by Crippen LogP contribution is 2.23. The molecule has 0 aliphatic rings. The molecule has 2 nitrogen and oxygen atoms in total. The van der Waals surface area contributed by atoms with Gasteiger partial charge in [0.05, 0.1) is 0 Å². The first kappa shape index (κ1) is 24.5. The molecule has 0 atom stereocenters. The molecule has 172 valence electrons. The quantitative estimate of drug-likeness (QED) is 0.177. The van der Waals surface area contributed by atoms with Crippen LogP contribution in [0.1, 0.15) is 81.7 Å². The molecule has 0 amide bonds. The molecule has 0 fully saturated rings. The van der Waals surface area contributed by atoms with E-state index in [1.165, 1.54) is 90.7 Å². The van der Waals surface area contributed by atoms with Gasteiger partial charge in [-0.1, -0.05) is 93.9 Å². The first-order chi connectivity index (χ1) is 15.7. The Bertz CT molecular complexity index is 953. The van der Waals surface area contributed by atoms with E-state index in [1.807, 2.05) is 11.3 Å². The summed E-state index contributed by atoms with van der Waals surface area (Å²) in [7, 11) is 4.16. The van der Waals surface area contributed by atoms with Crippen molar-refractivity contribution >= 4 is 39.4 Å². The van der Waals surface area contributed by atoms with Gasteiger partial charge in [-0.15, -0.1) is 0 Å². The third-order valence-electron chi connectivity index (χ3n) is 6.20. The standard InChI is InChI=1S/C29H41N2S/c1-4-5-6-7-8-9-10-11-12-15-24-31-27-16-13-14-17-28(27)32-29(31)23-20-25-18-21-26(22-19-25)30(2)3/h13-14,16-23H,4-12,15,24H2,1-3H3/q+1. The molecule has 3 aromatic rings. The van der Waals surface area contributed by atoms with Crippen LogP contribution >= 0.6 is 11.3 Å². The Morgan fingerprint density at radius 1 is 0.750 bits per heavy atom. The molecule has 0 aliphatic heterocycles. The maximum atomic E-state index is 2.52. The molecular weight excluding hydrogens is 408 g/mol. The van der Waals surface area contributed by atoms with Gasteiger partial charge >= 0.3 is 0 Å². The lowest BCUT2D eigenvalue weighted by Gasteiger charge is -2.11. The van der Waals surface area contributed by atoms with Crippen molar-refractivity contribution in [3.8, 4) is 0 Å². The minimum absolute atomic E-state index is 1.11. The molecule has 32 heavy (non-hydrogen) atoms. The molecule has 0 bridgehead atoms. The van der Waals surface area contributed by atoms with Gasteiger partial charge in [0.25, 0.3) is 5.01 Å². The number of aromatic nitrogens is 1. The fourth-order valence-corrected chi connectivity index (χ4v) is 5.31. The Morgan fingerprint density at radius 2 is 1.38 bits per heavy atom. The topological polar surface area (TPSA) is 7.12 Å². The highest BCUT2D eigenvalue weighted by atomic mass is 32.1. The SMILES string of the molecule is CCCCCCCCCCCC[n+]1c(/C=C/c2ccc(N(C)C)cc2)sc2ccccc21. The smallest absolute Gasteiger partial charge is 0.262 e. The second-order valence-corrected chi connectivity index (χ2v) is 10.1. The third-order valence-corrected chi connectivity index (χ3v) is 7.33. The van der Waals surface area contributed by atoms with Gasteiger partial charge in [-0.2, -0.15) is 4.57 Å². The van der Waals surface area contributed by atoms with E-state index < -0.39 is 0 Å². The molecule has 0 saturated heterocycles. The van der Waals surface area contributed by atoms with E-state index in [0.29, 0.717) is 0 Å². The molecule has 0 aliphatic carbocycles. The maximum Gasteiger partial charge on any atom is 0.262 e. The van der Waals surface area contributed by atoms with Crippen LogP contribution in [0.15, 0.2) is 48.5 Å². The molecule has 0 N–H and O–H groups in total. The maximum absolute atomic E-state index is 2.52. The summed E-state index contributed by atoms with van der Waals surface area (Å²) >= 11 is 1.90. The van der Waals surface area contributed by atoms with Crippen LogP contribution in [0.4, 0.5) is 5.69 Å². The summed E-state index contributed by atoms with van der Waals surface area (Å²) in [4.78, 5) is 2.14. The van der Waals surface area contributed by atoms with Crippen LogP contribution in [-0.4, -0.2) is 14.1 Å². The third kappa shape index (κ3) is 7.48. The Labute approximate surface area is 199 Å². The van der Waals surface area contributed by atoms with E-state index >= 15 is 0 Å². The number of fused-ring (bicyclic) bond motifs is 1. The first-order valence-corrected chi connectivity index (χ1v) is 13.4. The summed E-state index contributed by atoms with van der Waals surface area (Å²) < 4.78 is 3.90. The molecule has 0 spiro atoms. The number of aryl methyl sites for hydroxylation is 1. The van der Waals surface area contributed by atoms with Gasteiger partial charge in [-0.25, -0.2) is 0 Å². The van der Waals surface area contributed by atoms with Gasteiger partial charge in [-0.3, -0.25) is 0 Å². The number of hydrogen-bond acceptors (Lipinski definition) is 2. The van der Waals surface area contributed by atoms with Crippen molar-refractivity contribution in [1.82, 2.24) is 0 Å². The summed E-state index contributed by atoms with van der Waals surface area (Å²) in [6.07, 6.45) is 18.4.